The topological polar surface area (TPSA) is 68.3 Å². The number of hydrogen-bond donors (Lipinski definition) is 1. The van der Waals surface area contributed by atoms with Crippen LogP contribution < -0.4 is 10.1 Å². The van der Waals surface area contributed by atoms with Gasteiger partial charge in [0.15, 0.2) is 9.84 Å². The van der Waals surface area contributed by atoms with Crippen molar-refractivity contribution in [3.05, 3.63) is 47.1 Å². The lowest BCUT2D eigenvalue weighted by Crippen LogP contribution is -2.10. The Labute approximate surface area is 137 Å². The lowest BCUT2D eigenvalue weighted by Gasteiger charge is -2.13. The van der Waals surface area contributed by atoms with E-state index in [0.717, 1.165) is 6.26 Å². The minimum atomic E-state index is -3.48. The van der Waals surface area contributed by atoms with Crippen LogP contribution in [0.1, 0.15) is 5.56 Å². The SMILES string of the molecule is CS(=O)(=O)c1cccnc1NCc1cc(Cl)ccc1OC(F)F. The highest BCUT2D eigenvalue weighted by molar-refractivity contribution is 7.90. The molecule has 0 unspecified atom stereocenters. The van der Waals surface area contributed by atoms with E-state index in [1.807, 2.05) is 0 Å². The number of halogens is 3. The highest BCUT2D eigenvalue weighted by atomic mass is 35.5. The molecule has 1 heterocycles. The van der Waals surface area contributed by atoms with E-state index >= 15 is 0 Å². The Bertz CT molecular complexity index is 800. The highest BCUT2D eigenvalue weighted by Crippen LogP contribution is 2.26. The number of nitrogens with zero attached hydrogens (tertiary/aromatic N) is 1. The third-order valence-corrected chi connectivity index (χ3v) is 4.22. The molecule has 0 aliphatic heterocycles. The van der Waals surface area contributed by atoms with Crippen molar-refractivity contribution in [1.82, 2.24) is 4.98 Å². The maximum atomic E-state index is 12.4. The summed E-state index contributed by atoms with van der Waals surface area (Å²) in [5.41, 5.74) is 0.350. The Morgan fingerprint density at radius 1 is 1.35 bits per heavy atom. The molecule has 1 aromatic carbocycles. The monoisotopic (exact) mass is 362 g/mol. The van der Waals surface area contributed by atoms with Gasteiger partial charge in [-0.1, -0.05) is 11.6 Å². The molecule has 0 fully saturated rings. The number of hydrogen-bond acceptors (Lipinski definition) is 5. The number of pyridine rings is 1. The summed E-state index contributed by atoms with van der Waals surface area (Å²) < 4.78 is 52.7. The molecule has 124 valence electrons. The summed E-state index contributed by atoms with van der Waals surface area (Å²) in [7, 11) is -3.48. The van der Waals surface area contributed by atoms with Crippen LogP contribution in [0.25, 0.3) is 0 Å². The van der Waals surface area contributed by atoms with Crippen molar-refractivity contribution >= 4 is 27.3 Å². The molecule has 5 nitrogen and oxygen atoms in total. The standard InChI is InChI=1S/C14H13ClF2N2O3S/c1-23(20,21)12-3-2-6-18-13(12)19-8-9-7-10(15)4-5-11(9)22-14(16)17/h2-7,14H,8H2,1H3,(H,18,19). The first-order valence-electron chi connectivity index (χ1n) is 6.39. The summed E-state index contributed by atoms with van der Waals surface area (Å²) >= 11 is 5.86. The molecule has 0 saturated carbocycles. The van der Waals surface area contributed by atoms with E-state index in [4.69, 9.17) is 11.6 Å². The molecule has 1 N–H and O–H groups in total. The van der Waals surface area contributed by atoms with Crippen molar-refractivity contribution in [1.29, 1.82) is 0 Å². The van der Waals surface area contributed by atoms with Gasteiger partial charge in [-0.2, -0.15) is 8.78 Å². The van der Waals surface area contributed by atoms with Gasteiger partial charge in [0.05, 0.1) is 0 Å². The van der Waals surface area contributed by atoms with E-state index in [1.165, 1.54) is 36.5 Å². The summed E-state index contributed by atoms with van der Waals surface area (Å²) in [6.07, 6.45) is 2.48. The number of alkyl halides is 2. The van der Waals surface area contributed by atoms with E-state index in [1.54, 1.807) is 0 Å². The van der Waals surface area contributed by atoms with E-state index in [9.17, 15) is 17.2 Å². The summed E-state index contributed by atoms with van der Waals surface area (Å²) in [4.78, 5) is 3.97. The van der Waals surface area contributed by atoms with Crippen LogP contribution in [0.15, 0.2) is 41.4 Å². The molecule has 0 radical (unpaired) electrons. The molecule has 0 bridgehead atoms. The molecular formula is C14H13ClF2N2O3S. The maximum absolute atomic E-state index is 12.4. The first kappa shape index (κ1) is 17.4. The van der Waals surface area contributed by atoms with Gasteiger partial charge in [-0.15, -0.1) is 0 Å². The lowest BCUT2D eigenvalue weighted by molar-refractivity contribution is -0.0504. The minimum absolute atomic E-state index is 0.0124. The zero-order valence-corrected chi connectivity index (χ0v) is 13.5. The molecule has 0 saturated heterocycles. The lowest BCUT2D eigenvalue weighted by atomic mass is 10.2. The quantitative estimate of drug-likeness (QED) is 0.853. The van der Waals surface area contributed by atoms with Crippen LogP contribution in [0.4, 0.5) is 14.6 Å². The van der Waals surface area contributed by atoms with Crippen LogP contribution in [0, 0.1) is 0 Å². The zero-order chi connectivity index (χ0) is 17.0. The number of aromatic nitrogens is 1. The Balaban J connectivity index is 2.27. The molecule has 23 heavy (non-hydrogen) atoms. The first-order valence-corrected chi connectivity index (χ1v) is 8.66. The smallest absolute Gasteiger partial charge is 0.387 e. The van der Waals surface area contributed by atoms with Crippen LogP contribution in [0.5, 0.6) is 5.75 Å². The molecule has 0 amide bonds. The van der Waals surface area contributed by atoms with Crippen LogP contribution in [-0.2, 0) is 16.4 Å². The van der Waals surface area contributed by atoms with Gasteiger partial charge in [0.25, 0.3) is 0 Å². The number of rotatable bonds is 6. The fraction of sp³-hybridized carbons (Fsp3) is 0.214. The van der Waals surface area contributed by atoms with Crippen molar-refractivity contribution < 1.29 is 21.9 Å². The maximum Gasteiger partial charge on any atom is 0.387 e. The van der Waals surface area contributed by atoms with Gasteiger partial charge in [-0.05, 0) is 30.3 Å². The van der Waals surface area contributed by atoms with Gasteiger partial charge >= 0.3 is 6.61 Å². The number of nitrogens with one attached hydrogen (secondary N) is 1. The normalized spacial score (nSPS) is 11.5. The first-order chi connectivity index (χ1) is 10.8. The number of anilines is 1. The summed E-state index contributed by atoms with van der Waals surface area (Å²) in [6, 6.07) is 7.09. The molecule has 1 aromatic heterocycles. The van der Waals surface area contributed by atoms with Crippen LogP contribution >= 0.6 is 11.6 Å². The predicted octanol–water partition coefficient (Wildman–Crippen LogP) is 3.35. The molecule has 0 aliphatic rings. The summed E-state index contributed by atoms with van der Waals surface area (Å²) in [5.74, 6) is 0.0757. The van der Waals surface area contributed by atoms with Crippen LogP contribution in [-0.4, -0.2) is 26.3 Å². The Morgan fingerprint density at radius 2 is 2.09 bits per heavy atom. The average molecular weight is 363 g/mol. The van der Waals surface area contributed by atoms with Crippen LogP contribution in [0.2, 0.25) is 5.02 Å². The van der Waals surface area contributed by atoms with Crippen molar-refractivity contribution in [3.8, 4) is 5.75 Å². The van der Waals surface area contributed by atoms with E-state index in [2.05, 4.69) is 15.0 Å². The van der Waals surface area contributed by atoms with Crippen molar-refractivity contribution in [3.63, 3.8) is 0 Å². The number of ether oxygens (including phenoxy) is 1. The molecule has 2 aromatic rings. The van der Waals surface area contributed by atoms with Gasteiger partial charge in [0.1, 0.15) is 16.5 Å². The highest BCUT2D eigenvalue weighted by Gasteiger charge is 2.15. The molecule has 9 heteroatoms. The van der Waals surface area contributed by atoms with Gasteiger partial charge < -0.3 is 10.1 Å². The third-order valence-electron chi connectivity index (χ3n) is 2.86. The Morgan fingerprint density at radius 3 is 2.74 bits per heavy atom. The second-order valence-corrected chi connectivity index (χ2v) is 7.03. The fourth-order valence-electron chi connectivity index (χ4n) is 1.90. The van der Waals surface area contributed by atoms with E-state index in [-0.39, 0.29) is 23.0 Å². The van der Waals surface area contributed by atoms with Gasteiger partial charge in [0, 0.05) is 29.6 Å². The van der Waals surface area contributed by atoms with Gasteiger partial charge in [-0.3, -0.25) is 0 Å². The second-order valence-electron chi connectivity index (χ2n) is 4.61. The van der Waals surface area contributed by atoms with Crippen molar-refractivity contribution in [2.45, 2.75) is 18.1 Å². The molecule has 0 spiro atoms. The number of sulfone groups is 1. The second kappa shape index (κ2) is 7.10. The van der Waals surface area contributed by atoms with E-state index in [0.29, 0.717) is 10.6 Å². The largest absolute Gasteiger partial charge is 0.434 e. The van der Waals surface area contributed by atoms with Gasteiger partial charge in [0.2, 0.25) is 0 Å². The molecule has 2 rings (SSSR count). The predicted molar refractivity (Wildman–Crippen MR) is 82.8 cm³/mol. The van der Waals surface area contributed by atoms with Crippen molar-refractivity contribution in [2.75, 3.05) is 11.6 Å². The molecule has 0 atom stereocenters. The van der Waals surface area contributed by atoms with Crippen molar-refractivity contribution in [2.24, 2.45) is 0 Å². The third kappa shape index (κ3) is 4.77. The van der Waals surface area contributed by atoms with Gasteiger partial charge in [-0.25, -0.2) is 13.4 Å². The number of benzene rings is 1. The Hall–Kier alpha value is -1.93. The molecule has 0 aliphatic carbocycles. The Kier molecular flexibility index (Phi) is 5.38. The zero-order valence-electron chi connectivity index (χ0n) is 12.0. The average Bonchev–Trinajstić information content (AvgIpc) is 2.46. The summed E-state index contributed by atoms with van der Waals surface area (Å²) in [6.45, 7) is -2.96. The molecular weight excluding hydrogens is 350 g/mol. The summed E-state index contributed by atoms with van der Waals surface area (Å²) in [5, 5.41) is 3.14. The minimum Gasteiger partial charge on any atom is -0.434 e. The van der Waals surface area contributed by atoms with Crippen LogP contribution in [0.3, 0.4) is 0 Å². The fourth-order valence-corrected chi connectivity index (χ4v) is 2.90. The van der Waals surface area contributed by atoms with E-state index < -0.39 is 16.4 Å².